The standard InChI is InChI=1S/C27H40F3N7O/c1-17-4-3-9-35(12-17)13-18-10-21(27(28,29)30)22-15-37(26(38)36(22)14-18)23-11-20(7-8-31-23)24(19-5-2-6-19)25-32-16-33-34-25/h10,14-15,17,19-20,23-25,31-34H,2-9,11-13,16H2,1H3/t17-,20?,23?,24-,25?/m0/s1. The van der Waals surface area contributed by atoms with Crippen LogP contribution in [0.3, 0.4) is 0 Å². The number of fused-ring (bicyclic) bond motifs is 1. The van der Waals surface area contributed by atoms with E-state index >= 15 is 0 Å². The van der Waals surface area contributed by atoms with E-state index in [0.717, 1.165) is 45.3 Å². The minimum absolute atomic E-state index is 0.0685. The van der Waals surface area contributed by atoms with Crippen LogP contribution < -0.4 is 27.2 Å². The van der Waals surface area contributed by atoms with Crippen molar-refractivity contribution in [2.45, 2.75) is 76.9 Å². The van der Waals surface area contributed by atoms with Crippen LogP contribution in [-0.4, -0.2) is 46.3 Å². The summed E-state index contributed by atoms with van der Waals surface area (Å²) in [7, 11) is 0. The Morgan fingerprint density at radius 3 is 2.61 bits per heavy atom. The van der Waals surface area contributed by atoms with Gasteiger partial charge in [-0.15, -0.1) is 0 Å². The quantitative estimate of drug-likeness (QED) is 0.455. The number of pyridine rings is 1. The maximum absolute atomic E-state index is 14.2. The van der Waals surface area contributed by atoms with Gasteiger partial charge in [-0.1, -0.05) is 26.2 Å². The summed E-state index contributed by atoms with van der Waals surface area (Å²) in [5.74, 6) is 1.94. The Labute approximate surface area is 221 Å². The molecule has 11 heteroatoms. The van der Waals surface area contributed by atoms with E-state index in [4.69, 9.17) is 0 Å². The largest absolute Gasteiger partial charge is 0.418 e. The fraction of sp³-hybridized carbons (Fsp3) is 0.741. The Hall–Kier alpha value is -1.92. The molecule has 1 aliphatic carbocycles. The number of alkyl halides is 3. The number of likely N-dealkylation sites (tertiary alicyclic amines) is 1. The lowest BCUT2D eigenvalue weighted by atomic mass is 9.66. The fourth-order valence-corrected chi connectivity index (χ4v) is 7.33. The van der Waals surface area contributed by atoms with Gasteiger partial charge in [0.25, 0.3) is 0 Å². The molecule has 0 bridgehead atoms. The lowest BCUT2D eigenvalue weighted by Gasteiger charge is -2.44. The van der Waals surface area contributed by atoms with Crippen molar-refractivity contribution < 1.29 is 13.2 Å². The van der Waals surface area contributed by atoms with E-state index in [1.807, 2.05) is 0 Å². The molecule has 4 fully saturated rings. The average Bonchev–Trinajstić information content (AvgIpc) is 3.49. The summed E-state index contributed by atoms with van der Waals surface area (Å²) in [5.41, 5.74) is 5.87. The van der Waals surface area contributed by atoms with E-state index < -0.39 is 17.4 Å². The molecule has 6 rings (SSSR count). The molecule has 2 aromatic rings. The van der Waals surface area contributed by atoms with Crippen molar-refractivity contribution in [3.63, 3.8) is 0 Å². The van der Waals surface area contributed by atoms with E-state index in [-0.39, 0.29) is 17.8 Å². The smallest absolute Gasteiger partial charge is 0.299 e. The molecule has 38 heavy (non-hydrogen) atoms. The summed E-state index contributed by atoms with van der Waals surface area (Å²) in [5, 5.41) is 6.95. The summed E-state index contributed by atoms with van der Waals surface area (Å²) >= 11 is 0. The van der Waals surface area contributed by atoms with Gasteiger partial charge in [0.1, 0.15) is 0 Å². The minimum Gasteiger partial charge on any atom is -0.299 e. The van der Waals surface area contributed by atoms with Crippen molar-refractivity contribution in [2.24, 2.45) is 23.7 Å². The topological polar surface area (TPSA) is 77.8 Å². The Kier molecular flexibility index (Phi) is 7.32. The predicted octanol–water partition coefficient (Wildman–Crippen LogP) is 3.25. The Balaban J connectivity index is 1.30. The molecule has 8 nitrogen and oxygen atoms in total. The Bertz CT molecular complexity index is 1180. The first-order valence-electron chi connectivity index (χ1n) is 14.3. The highest BCUT2D eigenvalue weighted by Gasteiger charge is 2.42. The first-order valence-corrected chi connectivity index (χ1v) is 14.3. The third-order valence-corrected chi connectivity index (χ3v) is 9.35. The second-order valence-electron chi connectivity index (χ2n) is 12.0. The van der Waals surface area contributed by atoms with E-state index in [1.54, 1.807) is 6.20 Å². The van der Waals surface area contributed by atoms with Crippen LogP contribution >= 0.6 is 0 Å². The third kappa shape index (κ3) is 5.15. The van der Waals surface area contributed by atoms with Gasteiger partial charge in [0, 0.05) is 25.5 Å². The van der Waals surface area contributed by atoms with Crippen LogP contribution in [0.4, 0.5) is 13.2 Å². The Morgan fingerprint density at radius 2 is 1.92 bits per heavy atom. The molecule has 3 unspecified atom stereocenters. The van der Waals surface area contributed by atoms with E-state index in [0.29, 0.717) is 42.4 Å². The van der Waals surface area contributed by atoms with Gasteiger partial charge in [-0.05, 0) is 74.1 Å². The van der Waals surface area contributed by atoms with Gasteiger partial charge in [-0.25, -0.2) is 15.6 Å². The monoisotopic (exact) mass is 535 g/mol. The molecule has 210 valence electrons. The van der Waals surface area contributed by atoms with Crippen molar-refractivity contribution in [3.8, 4) is 0 Å². The number of halogens is 3. The highest BCUT2D eigenvalue weighted by Crippen LogP contribution is 2.43. The molecule has 0 amide bonds. The summed E-state index contributed by atoms with van der Waals surface area (Å²) in [6, 6.07) is 1.24. The number of rotatable bonds is 6. The zero-order chi connectivity index (χ0) is 26.4. The minimum atomic E-state index is -4.54. The zero-order valence-corrected chi connectivity index (χ0v) is 22.1. The summed E-state index contributed by atoms with van der Waals surface area (Å²) < 4.78 is 45.4. The zero-order valence-electron chi connectivity index (χ0n) is 22.1. The molecule has 0 radical (unpaired) electrons. The molecule has 2 aromatic heterocycles. The van der Waals surface area contributed by atoms with Crippen molar-refractivity contribution in [1.29, 1.82) is 0 Å². The molecular weight excluding hydrogens is 495 g/mol. The van der Waals surface area contributed by atoms with Gasteiger partial charge in [-0.2, -0.15) is 13.2 Å². The Morgan fingerprint density at radius 1 is 1.08 bits per heavy atom. The van der Waals surface area contributed by atoms with Crippen LogP contribution in [0.25, 0.3) is 5.52 Å². The average molecular weight is 536 g/mol. The molecule has 5 heterocycles. The molecule has 5 atom stereocenters. The van der Waals surface area contributed by atoms with Crippen molar-refractivity contribution in [1.82, 2.24) is 35.4 Å². The lowest BCUT2D eigenvalue weighted by molar-refractivity contribution is -0.136. The molecule has 3 saturated heterocycles. The normalized spacial score (nSPS) is 30.5. The maximum atomic E-state index is 14.2. The first-order chi connectivity index (χ1) is 18.3. The highest BCUT2D eigenvalue weighted by atomic mass is 19.4. The molecule has 0 spiro atoms. The first kappa shape index (κ1) is 26.3. The number of nitrogens with one attached hydrogen (secondary N) is 4. The molecule has 0 aromatic carbocycles. The molecule has 4 N–H and O–H groups in total. The highest BCUT2D eigenvalue weighted by molar-refractivity contribution is 5.56. The van der Waals surface area contributed by atoms with Crippen LogP contribution in [0.5, 0.6) is 0 Å². The van der Waals surface area contributed by atoms with Gasteiger partial charge in [0.2, 0.25) is 0 Å². The second kappa shape index (κ2) is 10.6. The third-order valence-electron chi connectivity index (χ3n) is 9.35. The van der Waals surface area contributed by atoms with Gasteiger partial charge in [-0.3, -0.25) is 24.5 Å². The molecule has 3 aliphatic heterocycles. The van der Waals surface area contributed by atoms with Gasteiger partial charge in [0.05, 0.1) is 30.1 Å². The predicted molar refractivity (Wildman–Crippen MR) is 139 cm³/mol. The van der Waals surface area contributed by atoms with Crippen molar-refractivity contribution >= 4 is 5.52 Å². The van der Waals surface area contributed by atoms with Crippen LogP contribution in [-0.2, 0) is 12.7 Å². The van der Waals surface area contributed by atoms with Gasteiger partial charge < -0.3 is 0 Å². The van der Waals surface area contributed by atoms with Crippen LogP contribution in [0, 0.1) is 23.7 Å². The molecular formula is C27H40F3N7O. The van der Waals surface area contributed by atoms with Crippen molar-refractivity contribution in [3.05, 3.63) is 40.1 Å². The summed E-state index contributed by atoms with van der Waals surface area (Å²) in [6.45, 7) is 5.79. The summed E-state index contributed by atoms with van der Waals surface area (Å²) in [4.78, 5) is 15.8. The van der Waals surface area contributed by atoms with Gasteiger partial charge >= 0.3 is 11.9 Å². The number of aromatic nitrogens is 2. The van der Waals surface area contributed by atoms with Crippen LogP contribution in [0.15, 0.2) is 23.3 Å². The maximum Gasteiger partial charge on any atom is 0.418 e. The number of imidazole rings is 1. The second-order valence-corrected chi connectivity index (χ2v) is 12.0. The SMILES string of the molecule is C[C@H]1CCCN(Cc2cc(C(F)(F)F)c3cn(C4CC([C@H](C5CCC5)C5NCNN5)CCN4)c(=O)n3c2)C1. The summed E-state index contributed by atoms with van der Waals surface area (Å²) in [6.07, 6.45) is 5.92. The number of hydrogen-bond donors (Lipinski definition) is 4. The van der Waals surface area contributed by atoms with Crippen LogP contribution in [0.2, 0.25) is 0 Å². The number of hydrogen-bond acceptors (Lipinski definition) is 6. The fourth-order valence-electron chi connectivity index (χ4n) is 7.33. The van der Waals surface area contributed by atoms with E-state index in [9.17, 15) is 18.0 Å². The number of nitrogens with zero attached hydrogens (tertiary/aromatic N) is 3. The number of piperidine rings is 2. The van der Waals surface area contributed by atoms with E-state index in [2.05, 4.69) is 33.3 Å². The molecule has 1 saturated carbocycles. The molecule has 4 aliphatic rings. The number of hydrazine groups is 1. The van der Waals surface area contributed by atoms with Crippen molar-refractivity contribution in [2.75, 3.05) is 26.3 Å². The van der Waals surface area contributed by atoms with Crippen LogP contribution in [0.1, 0.15) is 69.2 Å². The van der Waals surface area contributed by atoms with E-state index in [1.165, 1.54) is 40.5 Å². The lowest BCUT2D eigenvalue weighted by Crippen LogP contribution is -2.51. The van der Waals surface area contributed by atoms with Gasteiger partial charge in [0.15, 0.2) is 0 Å².